The maximum absolute atomic E-state index is 11.7. The van der Waals surface area contributed by atoms with Crippen molar-refractivity contribution in [3.63, 3.8) is 0 Å². The van der Waals surface area contributed by atoms with Gasteiger partial charge in [0.25, 0.3) is 0 Å². The van der Waals surface area contributed by atoms with Crippen molar-refractivity contribution in [2.24, 2.45) is 0 Å². The van der Waals surface area contributed by atoms with Crippen molar-refractivity contribution < 1.29 is 19.1 Å². The van der Waals surface area contributed by atoms with Crippen LogP contribution in [0.5, 0.6) is 11.5 Å². The Balaban J connectivity index is 2.65. The van der Waals surface area contributed by atoms with Crippen LogP contribution in [0.1, 0.15) is 18.9 Å². The fourth-order valence-electron chi connectivity index (χ4n) is 1.76. The molecule has 23 heavy (non-hydrogen) atoms. The van der Waals surface area contributed by atoms with Gasteiger partial charge in [0.2, 0.25) is 11.8 Å². The number of carbonyl (C=O) groups excluding carboxylic acids is 2. The molecule has 0 bridgehead atoms. The second-order valence-electron chi connectivity index (χ2n) is 4.64. The summed E-state index contributed by atoms with van der Waals surface area (Å²) in [6, 6.07) is 3.35. The van der Waals surface area contributed by atoms with Crippen molar-refractivity contribution in [1.29, 1.82) is 0 Å². The van der Waals surface area contributed by atoms with Gasteiger partial charge >= 0.3 is 0 Å². The molecule has 0 fully saturated rings. The Morgan fingerprint density at radius 2 is 1.96 bits per heavy atom. The van der Waals surface area contributed by atoms with Crippen molar-refractivity contribution in [1.82, 2.24) is 10.6 Å². The van der Waals surface area contributed by atoms with E-state index in [4.69, 9.17) is 21.1 Å². The van der Waals surface area contributed by atoms with E-state index in [1.165, 1.54) is 20.3 Å². The molecule has 1 rings (SSSR count). The van der Waals surface area contributed by atoms with Gasteiger partial charge in [-0.15, -0.1) is 0 Å². The van der Waals surface area contributed by atoms with Crippen LogP contribution in [0.4, 0.5) is 0 Å². The van der Waals surface area contributed by atoms with Crippen LogP contribution in [0, 0.1) is 0 Å². The second-order valence-corrected chi connectivity index (χ2v) is 5.05. The molecule has 0 aromatic heterocycles. The van der Waals surface area contributed by atoms with Crippen LogP contribution in [0.25, 0.3) is 6.08 Å². The third-order valence-electron chi connectivity index (χ3n) is 2.88. The molecular formula is C16H21ClN2O4. The van der Waals surface area contributed by atoms with Crippen molar-refractivity contribution >= 4 is 29.5 Å². The van der Waals surface area contributed by atoms with E-state index in [-0.39, 0.29) is 18.4 Å². The molecular weight excluding hydrogens is 320 g/mol. The van der Waals surface area contributed by atoms with Crippen LogP contribution in [0.15, 0.2) is 18.2 Å². The summed E-state index contributed by atoms with van der Waals surface area (Å²) in [4.78, 5) is 23.1. The molecule has 2 N–H and O–H groups in total. The van der Waals surface area contributed by atoms with Gasteiger partial charge in [0.05, 0.1) is 25.8 Å². The van der Waals surface area contributed by atoms with E-state index < -0.39 is 0 Å². The lowest BCUT2D eigenvalue weighted by molar-refractivity contribution is -0.123. The van der Waals surface area contributed by atoms with Crippen molar-refractivity contribution in [2.45, 2.75) is 13.3 Å². The monoisotopic (exact) mass is 340 g/mol. The smallest absolute Gasteiger partial charge is 0.244 e. The summed E-state index contributed by atoms with van der Waals surface area (Å²) in [5.41, 5.74) is 0.679. The molecule has 0 saturated carbocycles. The van der Waals surface area contributed by atoms with Crippen molar-refractivity contribution in [3.8, 4) is 11.5 Å². The quantitative estimate of drug-likeness (QED) is 0.710. The first-order chi connectivity index (χ1) is 11.0. The van der Waals surface area contributed by atoms with Gasteiger partial charge in [0.15, 0.2) is 11.5 Å². The molecule has 1 aromatic carbocycles. The van der Waals surface area contributed by atoms with Gasteiger partial charge in [-0.1, -0.05) is 18.5 Å². The minimum absolute atomic E-state index is 0.0597. The fraction of sp³-hybridized carbons (Fsp3) is 0.375. The molecule has 0 spiro atoms. The number of carbonyl (C=O) groups is 2. The number of nitrogens with one attached hydrogen (secondary N) is 2. The summed E-state index contributed by atoms with van der Waals surface area (Å²) in [5.74, 6) is 0.313. The molecule has 0 aliphatic carbocycles. The molecule has 2 amide bonds. The van der Waals surface area contributed by atoms with Crippen LogP contribution in [-0.4, -0.2) is 39.1 Å². The van der Waals surface area contributed by atoms with Crippen LogP contribution in [0.2, 0.25) is 5.02 Å². The van der Waals surface area contributed by atoms with E-state index >= 15 is 0 Å². The molecule has 0 atom stereocenters. The summed E-state index contributed by atoms with van der Waals surface area (Å²) >= 11 is 6.09. The van der Waals surface area contributed by atoms with Gasteiger partial charge in [-0.2, -0.15) is 0 Å². The van der Waals surface area contributed by atoms with Crippen molar-refractivity contribution in [3.05, 3.63) is 28.8 Å². The van der Waals surface area contributed by atoms with Gasteiger partial charge in [0, 0.05) is 12.6 Å². The van der Waals surface area contributed by atoms with Gasteiger partial charge in [-0.3, -0.25) is 9.59 Å². The molecule has 1 aromatic rings. The van der Waals surface area contributed by atoms with E-state index in [1.54, 1.807) is 18.2 Å². The predicted molar refractivity (Wildman–Crippen MR) is 89.9 cm³/mol. The first-order valence-corrected chi connectivity index (χ1v) is 7.53. The van der Waals surface area contributed by atoms with Crippen LogP contribution in [0.3, 0.4) is 0 Å². The largest absolute Gasteiger partial charge is 0.493 e. The number of amides is 2. The van der Waals surface area contributed by atoms with E-state index in [0.717, 1.165) is 6.42 Å². The maximum atomic E-state index is 11.7. The Hall–Kier alpha value is -2.21. The summed E-state index contributed by atoms with van der Waals surface area (Å²) in [7, 11) is 3.00. The minimum atomic E-state index is -0.373. The fourth-order valence-corrected chi connectivity index (χ4v) is 2.06. The van der Waals surface area contributed by atoms with E-state index in [1.807, 2.05) is 6.92 Å². The van der Waals surface area contributed by atoms with Crippen LogP contribution < -0.4 is 20.1 Å². The predicted octanol–water partition coefficient (Wildman–Crippen LogP) is 2.01. The third kappa shape index (κ3) is 6.20. The number of benzene rings is 1. The highest BCUT2D eigenvalue weighted by Crippen LogP contribution is 2.36. The molecule has 0 unspecified atom stereocenters. The van der Waals surface area contributed by atoms with E-state index in [9.17, 15) is 9.59 Å². The maximum Gasteiger partial charge on any atom is 0.244 e. The first-order valence-electron chi connectivity index (χ1n) is 7.16. The first kappa shape index (κ1) is 18.8. The van der Waals surface area contributed by atoms with E-state index in [2.05, 4.69) is 10.6 Å². The molecule has 126 valence electrons. The lowest BCUT2D eigenvalue weighted by Crippen LogP contribution is -2.36. The van der Waals surface area contributed by atoms with Gasteiger partial charge < -0.3 is 20.1 Å². The molecule has 6 nitrogen and oxygen atoms in total. The Morgan fingerprint density at radius 3 is 2.57 bits per heavy atom. The zero-order valence-electron chi connectivity index (χ0n) is 13.4. The zero-order chi connectivity index (χ0) is 17.2. The zero-order valence-corrected chi connectivity index (χ0v) is 14.2. The Bertz CT molecular complexity index is 588. The highest BCUT2D eigenvalue weighted by atomic mass is 35.5. The van der Waals surface area contributed by atoms with Gasteiger partial charge in [-0.05, 0) is 30.2 Å². The lowest BCUT2D eigenvalue weighted by Gasteiger charge is -2.10. The number of halogens is 1. The highest BCUT2D eigenvalue weighted by Gasteiger charge is 2.10. The van der Waals surface area contributed by atoms with Crippen LogP contribution >= 0.6 is 11.6 Å². The summed E-state index contributed by atoms with van der Waals surface area (Å²) in [6.45, 7) is 2.49. The Morgan fingerprint density at radius 1 is 1.22 bits per heavy atom. The van der Waals surface area contributed by atoms with Gasteiger partial charge in [-0.25, -0.2) is 0 Å². The lowest BCUT2D eigenvalue weighted by atomic mass is 10.2. The Kier molecular flexibility index (Phi) is 7.97. The molecule has 0 heterocycles. The number of ether oxygens (including phenoxy) is 2. The normalized spacial score (nSPS) is 10.4. The van der Waals surface area contributed by atoms with Crippen molar-refractivity contribution in [2.75, 3.05) is 27.3 Å². The number of hydrogen-bond donors (Lipinski definition) is 2. The molecule has 0 aliphatic rings. The SMILES string of the molecule is CCCNC(=O)CNC(=O)/C=C/c1cc(Cl)c(OC)c(OC)c1. The number of hydrogen-bond acceptors (Lipinski definition) is 4. The molecule has 0 radical (unpaired) electrons. The topological polar surface area (TPSA) is 76.7 Å². The average molecular weight is 341 g/mol. The number of rotatable bonds is 8. The van der Waals surface area contributed by atoms with Crippen LogP contribution in [-0.2, 0) is 9.59 Å². The Labute approximate surface area is 140 Å². The minimum Gasteiger partial charge on any atom is -0.493 e. The molecule has 0 aliphatic heterocycles. The summed E-state index contributed by atoms with van der Waals surface area (Å²) in [6.07, 6.45) is 3.75. The second kappa shape index (κ2) is 9.74. The summed E-state index contributed by atoms with van der Waals surface area (Å²) < 4.78 is 10.3. The molecule has 0 saturated heterocycles. The average Bonchev–Trinajstić information content (AvgIpc) is 2.55. The van der Waals surface area contributed by atoms with E-state index in [0.29, 0.717) is 28.6 Å². The third-order valence-corrected chi connectivity index (χ3v) is 3.16. The summed E-state index contributed by atoms with van der Waals surface area (Å²) in [5, 5.41) is 5.55. The number of methoxy groups -OCH3 is 2. The highest BCUT2D eigenvalue weighted by molar-refractivity contribution is 6.32. The standard InChI is InChI=1S/C16H21ClN2O4/c1-4-7-18-15(21)10-19-14(20)6-5-11-8-12(17)16(23-3)13(9-11)22-2/h5-6,8-9H,4,7,10H2,1-3H3,(H,18,21)(H,19,20)/b6-5+. The van der Waals surface area contributed by atoms with Gasteiger partial charge in [0.1, 0.15) is 0 Å². The molecule has 7 heteroatoms.